The van der Waals surface area contributed by atoms with Crippen molar-refractivity contribution < 1.29 is 14.3 Å². The molecular weight excluding hydrogens is 350 g/mol. The number of para-hydroxylation sites is 1. The van der Waals surface area contributed by atoms with E-state index in [1.165, 1.54) is 6.08 Å². The monoisotopic (exact) mass is 365 g/mol. The molecule has 0 N–H and O–H groups in total. The van der Waals surface area contributed by atoms with Gasteiger partial charge in [0.1, 0.15) is 0 Å². The first-order valence-electron chi connectivity index (χ1n) is 8.07. The fourth-order valence-corrected chi connectivity index (χ4v) is 2.66. The van der Waals surface area contributed by atoms with Crippen molar-refractivity contribution in [3.63, 3.8) is 0 Å². The highest BCUT2D eigenvalue weighted by molar-refractivity contribution is 6.30. The van der Waals surface area contributed by atoms with Crippen LogP contribution in [0.4, 0.5) is 0 Å². The minimum absolute atomic E-state index is 0.282. The van der Waals surface area contributed by atoms with Crippen LogP contribution in [0, 0.1) is 0 Å². The molecule has 0 amide bonds. The lowest BCUT2D eigenvalue weighted by atomic mass is 10.1. The minimum Gasteiger partial charge on any atom is -0.451 e. The van der Waals surface area contributed by atoms with Crippen molar-refractivity contribution >= 4 is 40.3 Å². The Morgan fingerprint density at radius 3 is 2.58 bits per heavy atom. The molecule has 0 aliphatic heterocycles. The fraction of sp³-hybridized carbons (Fsp3) is 0.0952. The maximum Gasteiger partial charge on any atom is 0.331 e. The van der Waals surface area contributed by atoms with E-state index in [0.29, 0.717) is 10.6 Å². The fourth-order valence-electron chi connectivity index (χ4n) is 2.54. The molecule has 0 bridgehead atoms. The van der Waals surface area contributed by atoms with E-state index < -0.39 is 12.1 Å². The van der Waals surface area contributed by atoms with E-state index in [-0.39, 0.29) is 5.78 Å². The Balaban J connectivity index is 1.68. The second-order valence-corrected chi connectivity index (χ2v) is 6.14. The van der Waals surface area contributed by atoms with Gasteiger partial charge < -0.3 is 4.74 Å². The van der Waals surface area contributed by atoms with Crippen LogP contribution >= 0.6 is 11.6 Å². The van der Waals surface area contributed by atoms with Gasteiger partial charge in [-0.3, -0.25) is 9.78 Å². The van der Waals surface area contributed by atoms with E-state index in [1.54, 1.807) is 43.5 Å². The van der Waals surface area contributed by atoms with Gasteiger partial charge in [-0.15, -0.1) is 0 Å². The van der Waals surface area contributed by atoms with Crippen molar-refractivity contribution in [1.82, 2.24) is 4.98 Å². The average Bonchev–Trinajstić information content (AvgIpc) is 2.66. The molecule has 0 spiro atoms. The predicted octanol–water partition coefficient (Wildman–Crippen LogP) is 4.72. The van der Waals surface area contributed by atoms with Crippen molar-refractivity contribution in [2.45, 2.75) is 13.0 Å². The van der Waals surface area contributed by atoms with Crippen LogP contribution in [0.3, 0.4) is 0 Å². The van der Waals surface area contributed by atoms with E-state index in [1.807, 2.05) is 30.3 Å². The Kier molecular flexibility index (Phi) is 5.44. The van der Waals surface area contributed by atoms with Crippen LogP contribution in [0.1, 0.15) is 22.8 Å². The molecular formula is C21H16ClNO3. The number of carbonyl (C=O) groups excluding carboxylic acids is 2. The number of nitrogens with zero attached hydrogens (tertiary/aromatic N) is 1. The largest absolute Gasteiger partial charge is 0.451 e. The molecule has 1 unspecified atom stereocenters. The van der Waals surface area contributed by atoms with Crippen LogP contribution in [-0.2, 0) is 9.53 Å². The number of fused-ring (bicyclic) bond motifs is 1. The summed E-state index contributed by atoms with van der Waals surface area (Å²) in [5.41, 5.74) is 2.04. The maximum absolute atomic E-state index is 12.3. The summed E-state index contributed by atoms with van der Waals surface area (Å²) >= 11 is 5.81. The molecule has 2 aromatic carbocycles. The molecule has 130 valence electrons. The Hall–Kier alpha value is -2.98. The van der Waals surface area contributed by atoms with E-state index >= 15 is 0 Å². The summed E-state index contributed by atoms with van der Waals surface area (Å²) in [6.07, 6.45) is 3.75. The normalized spacial score (nSPS) is 12.2. The van der Waals surface area contributed by atoms with Crippen LogP contribution < -0.4 is 0 Å². The quantitative estimate of drug-likeness (QED) is 0.373. The first-order valence-corrected chi connectivity index (χ1v) is 8.44. The lowest BCUT2D eigenvalue weighted by Gasteiger charge is -2.11. The molecule has 26 heavy (non-hydrogen) atoms. The molecule has 4 nitrogen and oxygen atoms in total. The van der Waals surface area contributed by atoms with Gasteiger partial charge in [0.2, 0.25) is 5.78 Å². The van der Waals surface area contributed by atoms with Gasteiger partial charge in [-0.25, -0.2) is 4.79 Å². The second-order valence-electron chi connectivity index (χ2n) is 5.71. The van der Waals surface area contributed by atoms with Crippen molar-refractivity contribution in [1.29, 1.82) is 0 Å². The zero-order valence-electron chi connectivity index (χ0n) is 14.1. The first kappa shape index (κ1) is 17.8. The van der Waals surface area contributed by atoms with Crippen molar-refractivity contribution in [3.8, 4) is 0 Å². The Morgan fingerprint density at radius 2 is 1.81 bits per heavy atom. The second kappa shape index (κ2) is 7.93. The standard InChI is InChI=1S/C21H16ClNO3/c1-14(21(25)17-7-10-18(22)11-8-17)26-19(24)12-9-16-5-2-4-15-6-3-13-23-20(15)16/h2-14H,1H3/b12-9+. The number of ketones is 1. The van der Waals surface area contributed by atoms with Gasteiger partial charge in [0.05, 0.1) is 5.52 Å². The number of carbonyl (C=O) groups is 2. The molecule has 0 saturated carbocycles. The van der Waals surface area contributed by atoms with E-state index in [0.717, 1.165) is 16.5 Å². The van der Waals surface area contributed by atoms with E-state index in [4.69, 9.17) is 16.3 Å². The lowest BCUT2D eigenvalue weighted by molar-refractivity contribution is -0.140. The van der Waals surface area contributed by atoms with Gasteiger partial charge >= 0.3 is 5.97 Å². The summed E-state index contributed by atoms with van der Waals surface area (Å²) in [7, 11) is 0. The van der Waals surface area contributed by atoms with Gasteiger partial charge in [-0.05, 0) is 43.3 Å². The number of pyridine rings is 1. The molecule has 0 fully saturated rings. The molecule has 3 rings (SSSR count). The molecule has 3 aromatic rings. The SMILES string of the molecule is CC(OC(=O)/C=C/c1cccc2cccnc12)C(=O)c1ccc(Cl)cc1. The maximum atomic E-state index is 12.3. The number of benzene rings is 2. The van der Waals surface area contributed by atoms with Crippen molar-refractivity contribution in [2.24, 2.45) is 0 Å². The number of hydrogen-bond acceptors (Lipinski definition) is 4. The molecule has 0 saturated heterocycles. The van der Waals surface area contributed by atoms with E-state index in [2.05, 4.69) is 4.98 Å². The topological polar surface area (TPSA) is 56.3 Å². The number of ether oxygens (including phenoxy) is 1. The number of aromatic nitrogens is 1. The van der Waals surface area contributed by atoms with Crippen molar-refractivity contribution in [3.05, 3.63) is 83.0 Å². The van der Waals surface area contributed by atoms with Gasteiger partial charge in [0.25, 0.3) is 0 Å². The molecule has 0 aliphatic carbocycles. The summed E-state index contributed by atoms with van der Waals surface area (Å²) in [6, 6.07) is 16.0. The molecule has 1 aromatic heterocycles. The van der Waals surface area contributed by atoms with Crippen LogP contribution in [0.25, 0.3) is 17.0 Å². The molecule has 0 radical (unpaired) electrons. The molecule has 0 aliphatic rings. The highest BCUT2D eigenvalue weighted by atomic mass is 35.5. The number of rotatable bonds is 5. The molecule has 1 heterocycles. The highest BCUT2D eigenvalue weighted by Gasteiger charge is 2.18. The molecule has 1 atom stereocenters. The zero-order chi connectivity index (χ0) is 18.5. The Morgan fingerprint density at radius 1 is 1.08 bits per heavy atom. The van der Waals surface area contributed by atoms with Gasteiger partial charge in [0.15, 0.2) is 6.10 Å². The first-order chi connectivity index (χ1) is 12.5. The predicted molar refractivity (Wildman–Crippen MR) is 102 cm³/mol. The molecule has 5 heteroatoms. The summed E-state index contributed by atoms with van der Waals surface area (Å²) in [4.78, 5) is 28.7. The number of Topliss-reactive ketones (excluding diaryl/α,β-unsaturated/α-hetero) is 1. The number of halogens is 1. The smallest absolute Gasteiger partial charge is 0.331 e. The lowest BCUT2D eigenvalue weighted by Crippen LogP contribution is -2.23. The van der Waals surface area contributed by atoms with E-state index in [9.17, 15) is 9.59 Å². The summed E-state index contributed by atoms with van der Waals surface area (Å²) in [5, 5.41) is 1.52. The third-order valence-electron chi connectivity index (χ3n) is 3.85. The van der Waals surface area contributed by atoms with Crippen LogP contribution in [0.5, 0.6) is 0 Å². The third-order valence-corrected chi connectivity index (χ3v) is 4.11. The van der Waals surface area contributed by atoms with Gasteiger partial charge in [-0.2, -0.15) is 0 Å². The van der Waals surface area contributed by atoms with Crippen LogP contribution in [0.2, 0.25) is 5.02 Å². The Labute approximate surface area is 156 Å². The summed E-state index contributed by atoms with van der Waals surface area (Å²) in [5.74, 6) is -0.872. The third kappa shape index (κ3) is 4.16. The van der Waals surface area contributed by atoms with Crippen molar-refractivity contribution in [2.75, 3.05) is 0 Å². The number of esters is 1. The van der Waals surface area contributed by atoms with Crippen LogP contribution in [0.15, 0.2) is 66.9 Å². The minimum atomic E-state index is -0.890. The Bertz CT molecular complexity index is 975. The summed E-state index contributed by atoms with van der Waals surface area (Å²) < 4.78 is 5.20. The van der Waals surface area contributed by atoms with Crippen LogP contribution in [-0.4, -0.2) is 22.8 Å². The van der Waals surface area contributed by atoms with Gasteiger partial charge in [-0.1, -0.05) is 35.9 Å². The van der Waals surface area contributed by atoms with Gasteiger partial charge in [0, 0.05) is 33.8 Å². The zero-order valence-corrected chi connectivity index (χ0v) is 14.8. The summed E-state index contributed by atoms with van der Waals surface area (Å²) in [6.45, 7) is 1.54. The number of hydrogen-bond donors (Lipinski definition) is 0. The average molecular weight is 366 g/mol. The highest BCUT2D eigenvalue weighted by Crippen LogP contribution is 2.17.